The van der Waals surface area contributed by atoms with Crippen molar-refractivity contribution in [2.24, 2.45) is 0 Å². The van der Waals surface area contributed by atoms with Crippen LogP contribution >= 0.6 is 0 Å². The molecule has 0 saturated heterocycles. The van der Waals surface area contributed by atoms with Crippen molar-refractivity contribution < 1.29 is 14.9 Å². The molecule has 0 unspecified atom stereocenters. The maximum absolute atomic E-state index is 9.49. The number of nitrogens with one attached hydrogen (secondary N) is 1. The Labute approximate surface area is 148 Å². The largest absolute Gasteiger partial charge is 0.493 e. The first-order valence-electron chi connectivity index (χ1n) is 8.65. The van der Waals surface area contributed by atoms with Crippen molar-refractivity contribution >= 4 is 21.5 Å². The van der Waals surface area contributed by atoms with E-state index in [0.717, 1.165) is 27.5 Å². The van der Waals surface area contributed by atoms with Crippen LogP contribution in [0.5, 0.6) is 5.75 Å². The van der Waals surface area contributed by atoms with Crippen molar-refractivity contribution in [1.82, 2.24) is 5.32 Å². The highest BCUT2D eigenvalue weighted by Gasteiger charge is 2.21. The minimum Gasteiger partial charge on any atom is -0.493 e. The van der Waals surface area contributed by atoms with Gasteiger partial charge >= 0.3 is 0 Å². The van der Waals surface area contributed by atoms with E-state index in [1.165, 1.54) is 5.39 Å². The van der Waals surface area contributed by atoms with Crippen molar-refractivity contribution in [1.29, 1.82) is 0 Å². The molecule has 132 valence electrons. The first-order valence-corrected chi connectivity index (χ1v) is 8.65. The highest BCUT2D eigenvalue weighted by atomic mass is 16.5. The van der Waals surface area contributed by atoms with E-state index in [0.29, 0.717) is 13.2 Å². The fraction of sp³-hybridized carbons (Fsp3) is 0.333. The van der Waals surface area contributed by atoms with Crippen LogP contribution in [-0.2, 0) is 6.54 Å². The summed E-state index contributed by atoms with van der Waals surface area (Å²) in [4.78, 5) is 0. The van der Waals surface area contributed by atoms with Gasteiger partial charge in [-0.2, -0.15) is 0 Å². The third-order valence-electron chi connectivity index (χ3n) is 4.66. The van der Waals surface area contributed by atoms with Gasteiger partial charge in [0.25, 0.3) is 0 Å². The fourth-order valence-corrected chi connectivity index (χ4v) is 3.06. The minimum absolute atomic E-state index is 0.124. The molecule has 3 aromatic rings. The Kier molecular flexibility index (Phi) is 5.23. The summed E-state index contributed by atoms with van der Waals surface area (Å²) in [5.41, 5.74) is 0.402. The average molecular weight is 339 g/mol. The lowest BCUT2D eigenvalue weighted by molar-refractivity contribution is 0.103. The van der Waals surface area contributed by atoms with Crippen LogP contribution in [-0.4, -0.2) is 35.6 Å². The van der Waals surface area contributed by atoms with Crippen LogP contribution in [0.2, 0.25) is 0 Å². The molecule has 0 saturated carbocycles. The van der Waals surface area contributed by atoms with E-state index in [1.807, 2.05) is 25.1 Å². The molecule has 4 heteroatoms. The molecule has 3 aromatic carbocycles. The molecule has 0 bridgehead atoms. The zero-order valence-corrected chi connectivity index (χ0v) is 14.7. The highest BCUT2D eigenvalue weighted by Crippen LogP contribution is 2.35. The summed E-state index contributed by atoms with van der Waals surface area (Å²) in [6.45, 7) is 4.71. The number of rotatable bonds is 7. The fourth-order valence-electron chi connectivity index (χ4n) is 3.06. The second-order valence-electron chi connectivity index (χ2n) is 6.60. The Hall–Kier alpha value is -2.14. The Balaban J connectivity index is 2.11. The molecule has 0 heterocycles. The SMILES string of the molecule is CCOc1cc2c(CNC(C)(CO)CO)cccc2c2ccccc12. The predicted molar refractivity (Wildman–Crippen MR) is 102 cm³/mol. The standard InChI is InChI=1S/C21H25NO3/c1-3-25-20-11-19-15(12-22-21(2,13-23)14-24)7-6-10-17(19)16-8-4-5-9-18(16)20/h4-11,22-24H,3,12-14H2,1-2H3. The molecule has 25 heavy (non-hydrogen) atoms. The summed E-state index contributed by atoms with van der Waals surface area (Å²) in [6, 6.07) is 16.6. The summed E-state index contributed by atoms with van der Waals surface area (Å²) < 4.78 is 5.87. The first-order chi connectivity index (χ1) is 12.1. The number of hydrogen-bond acceptors (Lipinski definition) is 4. The molecule has 0 aliphatic heterocycles. The molecule has 0 aliphatic carbocycles. The normalized spacial score (nSPS) is 12.0. The molecule has 0 amide bonds. The summed E-state index contributed by atoms with van der Waals surface area (Å²) in [6.07, 6.45) is 0. The van der Waals surface area contributed by atoms with Crippen molar-refractivity contribution in [3.63, 3.8) is 0 Å². The Morgan fingerprint density at radius 3 is 2.24 bits per heavy atom. The zero-order chi connectivity index (χ0) is 17.9. The molecule has 0 fully saturated rings. The van der Waals surface area contributed by atoms with Crippen LogP contribution in [0.25, 0.3) is 21.5 Å². The van der Waals surface area contributed by atoms with E-state index in [-0.39, 0.29) is 13.2 Å². The quantitative estimate of drug-likeness (QED) is 0.579. The van der Waals surface area contributed by atoms with Crippen LogP contribution in [0.4, 0.5) is 0 Å². The molecular formula is C21H25NO3. The molecular weight excluding hydrogens is 314 g/mol. The lowest BCUT2D eigenvalue weighted by atomic mass is 9.96. The van der Waals surface area contributed by atoms with E-state index in [1.54, 1.807) is 6.92 Å². The summed E-state index contributed by atoms with van der Waals surface area (Å²) in [5, 5.41) is 26.8. The van der Waals surface area contributed by atoms with Gasteiger partial charge < -0.3 is 20.3 Å². The average Bonchev–Trinajstić information content (AvgIpc) is 2.66. The zero-order valence-electron chi connectivity index (χ0n) is 14.7. The van der Waals surface area contributed by atoms with Crippen LogP contribution in [0, 0.1) is 0 Å². The Morgan fingerprint density at radius 2 is 1.56 bits per heavy atom. The van der Waals surface area contributed by atoms with Crippen LogP contribution < -0.4 is 10.1 Å². The molecule has 0 aliphatic rings. The maximum Gasteiger partial charge on any atom is 0.127 e. The van der Waals surface area contributed by atoms with Gasteiger partial charge in [-0.3, -0.25) is 0 Å². The van der Waals surface area contributed by atoms with Crippen LogP contribution in [0.1, 0.15) is 19.4 Å². The van der Waals surface area contributed by atoms with Crippen LogP contribution in [0.15, 0.2) is 48.5 Å². The van der Waals surface area contributed by atoms with Crippen molar-refractivity contribution in [2.45, 2.75) is 25.9 Å². The Bertz CT molecular complexity index is 872. The van der Waals surface area contributed by atoms with Gasteiger partial charge in [0, 0.05) is 11.9 Å². The monoisotopic (exact) mass is 339 g/mol. The molecule has 0 atom stereocenters. The molecule has 0 aromatic heterocycles. The number of ether oxygens (including phenoxy) is 1. The number of aliphatic hydroxyl groups is 2. The summed E-state index contributed by atoms with van der Waals surface area (Å²) in [7, 11) is 0. The summed E-state index contributed by atoms with van der Waals surface area (Å²) in [5.74, 6) is 0.880. The second kappa shape index (κ2) is 7.40. The van der Waals surface area contributed by atoms with Crippen molar-refractivity contribution in [2.75, 3.05) is 19.8 Å². The van der Waals surface area contributed by atoms with Gasteiger partial charge in [0.2, 0.25) is 0 Å². The van der Waals surface area contributed by atoms with E-state index in [4.69, 9.17) is 4.74 Å². The van der Waals surface area contributed by atoms with Gasteiger partial charge in [-0.05, 0) is 41.6 Å². The van der Waals surface area contributed by atoms with Gasteiger partial charge in [-0.1, -0.05) is 42.5 Å². The highest BCUT2D eigenvalue weighted by molar-refractivity contribution is 6.11. The summed E-state index contributed by atoms with van der Waals surface area (Å²) >= 11 is 0. The smallest absolute Gasteiger partial charge is 0.127 e. The second-order valence-corrected chi connectivity index (χ2v) is 6.60. The van der Waals surface area contributed by atoms with Gasteiger partial charge in [0.1, 0.15) is 5.75 Å². The lowest BCUT2D eigenvalue weighted by Crippen LogP contribution is -2.48. The van der Waals surface area contributed by atoms with E-state index in [9.17, 15) is 10.2 Å². The van der Waals surface area contributed by atoms with Gasteiger partial charge in [-0.15, -0.1) is 0 Å². The predicted octanol–water partition coefficient (Wildman–Crippen LogP) is 3.22. The third kappa shape index (κ3) is 3.47. The number of fused-ring (bicyclic) bond motifs is 3. The molecule has 3 rings (SSSR count). The number of hydrogen-bond donors (Lipinski definition) is 3. The van der Waals surface area contributed by atoms with Crippen molar-refractivity contribution in [3.8, 4) is 5.75 Å². The number of benzene rings is 3. The van der Waals surface area contributed by atoms with E-state index >= 15 is 0 Å². The van der Waals surface area contributed by atoms with E-state index in [2.05, 4.69) is 35.6 Å². The van der Waals surface area contributed by atoms with Crippen molar-refractivity contribution in [3.05, 3.63) is 54.1 Å². The van der Waals surface area contributed by atoms with Crippen LogP contribution in [0.3, 0.4) is 0 Å². The molecule has 0 spiro atoms. The third-order valence-corrected chi connectivity index (χ3v) is 4.66. The minimum atomic E-state index is -0.707. The maximum atomic E-state index is 9.49. The topological polar surface area (TPSA) is 61.7 Å². The lowest BCUT2D eigenvalue weighted by Gasteiger charge is -2.26. The first kappa shape index (κ1) is 17.7. The molecule has 0 radical (unpaired) electrons. The Morgan fingerprint density at radius 1 is 0.920 bits per heavy atom. The van der Waals surface area contributed by atoms with Gasteiger partial charge in [0.05, 0.1) is 25.4 Å². The number of aliphatic hydroxyl groups excluding tert-OH is 2. The molecule has 3 N–H and O–H groups in total. The van der Waals surface area contributed by atoms with E-state index < -0.39 is 5.54 Å². The van der Waals surface area contributed by atoms with Gasteiger partial charge in [-0.25, -0.2) is 0 Å². The molecule has 4 nitrogen and oxygen atoms in total. The van der Waals surface area contributed by atoms with Gasteiger partial charge in [0.15, 0.2) is 0 Å².